The fraction of sp³-hybridized carbons (Fsp3) is 0.393. The molecule has 0 fully saturated rings. The van der Waals surface area contributed by atoms with Gasteiger partial charge in [0, 0.05) is 18.5 Å². The van der Waals surface area contributed by atoms with E-state index in [1.54, 1.807) is 10.9 Å². The van der Waals surface area contributed by atoms with Gasteiger partial charge in [-0.05, 0) is 37.6 Å². The summed E-state index contributed by atoms with van der Waals surface area (Å²) >= 11 is 0. The van der Waals surface area contributed by atoms with Crippen LogP contribution in [0.5, 0.6) is 5.75 Å². The van der Waals surface area contributed by atoms with Gasteiger partial charge in [-0.3, -0.25) is 9.48 Å². The molecular weight excluding hydrogens is 442 g/mol. The second-order valence-corrected chi connectivity index (χ2v) is 8.14. The van der Waals surface area contributed by atoms with Gasteiger partial charge in [0.15, 0.2) is 0 Å². The van der Waals surface area contributed by atoms with Crippen LogP contribution in [-0.4, -0.2) is 25.8 Å². The van der Waals surface area contributed by atoms with Crippen molar-refractivity contribution in [2.24, 2.45) is 0 Å². The van der Waals surface area contributed by atoms with Crippen molar-refractivity contribution >= 4 is 16.9 Å². The summed E-state index contributed by atoms with van der Waals surface area (Å²) in [7, 11) is 0. The molecule has 0 unspecified atom stereocenters. The number of hydrogen-bond donors (Lipinski definition) is 1. The van der Waals surface area contributed by atoms with Gasteiger partial charge in [0.05, 0.1) is 17.1 Å². The van der Waals surface area contributed by atoms with E-state index in [2.05, 4.69) is 37.8 Å². The minimum absolute atomic E-state index is 0.118. The number of carbonyl (C=O) groups is 1. The van der Waals surface area contributed by atoms with Crippen LogP contribution in [0.25, 0.3) is 22.4 Å². The van der Waals surface area contributed by atoms with E-state index in [1.807, 2.05) is 55.5 Å². The van der Waals surface area contributed by atoms with Crippen LogP contribution in [-0.2, 0) is 17.9 Å². The predicted molar refractivity (Wildman–Crippen MR) is 140 cm³/mol. The van der Waals surface area contributed by atoms with Crippen molar-refractivity contribution in [2.45, 2.75) is 73.5 Å². The molecule has 4 rings (SSSR count). The quantitative estimate of drug-likeness (QED) is 0.286. The number of fused-ring (bicyclic) bond motifs is 1. The number of aliphatic carboxylic acids is 1. The first-order valence-electron chi connectivity index (χ1n) is 12.3. The Kier molecular flexibility index (Phi) is 11.5. The summed E-state index contributed by atoms with van der Waals surface area (Å²) in [5, 5.41) is 14.1. The van der Waals surface area contributed by atoms with Crippen molar-refractivity contribution in [3.8, 4) is 17.2 Å². The van der Waals surface area contributed by atoms with Gasteiger partial charge < -0.3 is 14.3 Å². The van der Waals surface area contributed by atoms with Gasteiger partial charge in [-0.15, -0.1) is 0 Å². The highest BCUT2D eigenvalue weighted by Crippen LogP contribution is 2.27. The molecule has 4 aromatic rings. The van der Waals surface area contributed by atoms with E-state index in [4.69, 9.17) is 14.3 Å². The molecule has 35 heavy (non-hydrogen) atoms. The second-order valence-electron chi connectivity index (χ2n) is 8.14. The van der Waals surface area contributed by atoms with E-state index in [9.17, 15) is 4.79 Å². The highest BCUT2D eigenvalue weighted by Gasteiger charge is 2.14. The highest BCUT2D eigenvalue weighted by atomic mass is 16.5. The minimum atomic E-state index is -0.802. The molecule has 0 aliphatic heterocycles. The van der Waals surface area contributed by atoms with Gasteiger partial charge in [0.2, 0.25) is 5.89 Å². The monoisotopic (exact) mass is 479 g/mol. The van der Waals surface area contributed by atoms with Gasteiger partial charge >= 0.3 is 5.97 Å². The molecule has 0 bridgehead atoms. The molecule has 0 aliphatic rings. The zero-order chi connectivity index (χ0) is 25.6. The predicted octanol–water partition coefficient (Wildman–Crippen LogP) is 7.28. The number of nitrogens with zero attached hydrogens (tertiary/aromatic N) is 3. The third-order valence-corrected chi connectivity index (χ3v) is 4.69. The maximum Gasteiger partial charge on any atom is 0.303 e. The number of aromatic nitrogens is 3. The number of carboxylic acid groups (broad SMARTS) is 1. The Balaban J connectivity index is 0.000000655. The molecular formula is C28H37N3O4. The fourth-order valence-electron chi connectivity index (χ4n) is 3.17. The van der Waals surface area contributed by atoms with Crippen LogP contribution in [0.2, 0.25) is 0 Å². The summed E-state index contributed by atoms with van der Waals surface area (Å²) in [6.45, 7) is 11.2. The lowest BCUT2D eigenvalue weighted by Crippen LogP contribution is -2.03. The lowest BCUT2D eigenvalue weighted by Gasteiger charge is -2.07. The first-order valence-corrected chi connectivity index (χ1v) is 12.3. The van der Waals surface area contributed by atoms with Gasteiger partial charge in [-0.1, -0.05) is 64.8 Å². The van der Waals surface area contributed by atoms with Crippen molar-refractivity contribution in [1.29, 1.82) is 0 Å². The van der Waals surface area contributed by atoms with Gasteiger partial charge in [-0.2, -0.15) is 5.10 Å². The molecule has 7 nitrogen and oxygen atoms in total. The number of oxazole rings is 1. The Morgan fingerprint density at radius 3 is 2.37 bits per heavy atom. The van der Waals surface area contributed by atoms with E-state index in [0.29, 0.717) is 24.6 Å². The smallest absolute Gasteiger partial charge is 0.303 e. The van der Waals surface area contributed by atoms with Crippen LogP contribution in [0, 0.1) is 6.92 Å². The van der Waals surface area contributed by atoms with E-state index < -0.39 is 5.97 Å². The summed E-state index contributed by atoms with van der Waals surface area (Å²) < 4.78 is 13.6. The lowest BCUT2D eigenvalue weighted by atomic mass is 10.2. The normalized spacial score (nSPS) is 10.2. The summed E-state index contributed by atoms with van der Waals surface area (Å²) in [6, 6.07) is 15.5. The molecule has 0 saturated carbocycles. The van der Waals surface area contributed by atoms with Crippen molar-refractivity contribution in [3.63, 3.8) is 0 Å². The Morgan fingerprint density at radius 2 is 1.71 bits per heavy atom. The molecule has 0 radical (unpaired) electrons. The van der Waals surface area contributed by atoms with Crippen LogP contribution in [0.4, 0.5) is 0 Å². The van der Waals surface area contributed by atoms with Crippen LogP contribution in [0.3, 0.4) is 0 Å². The molecule has 0 atom stereocenters. The summed E-state index contributed by atoms with van der Waals surface area (Å²) in [5.74, 6) is 1.20. The zero-order valence-electron chi connectivity index (χ0n) is 21.5. The lowest BCUT2D eigenvalue weighted by molar-refractivity contribution is -0.137. The molecule has 0 aliphatic carbocycles. The molecule has 2 heterocycles. The molecule has 0 amide bonds. The third kappa shape index (κ3) is 8.28. The van der Waals surface area contributed by atoms with Crippen LogP contribution < -0.4 is 4.74 Å². The van der Waals surface area contributed by atoms with E-state index in [1.165, 1.54) is 12.8 Å². The molecule has 0 spiro atoms. The van der Waals surface area contributed by atoms with Crippen LogP contribution in [0.15, 0.2) is 59.1 Å². The molecule has 2 aromatic heterocycles. The maximum atomic E-state index is 10.7. The van der Waals surface area contributed by atoms with Crippen molar-refractivity contribution in [3.05, 3.63) is 66.2 Å². The Labute approximate surface area is 207 Å². The van der Waals surface area contributed by atoms with Gasteiger partial charge in [0.25, 0.3) is 0 Å². The second kappa shape index (κ2) is 14.6. The van der Waals surface area contributed by atoms with Gasteiger partial charge in [-0.25, -0.2) is 4.98 Å². The fourth-order valence-corrected chi connectivity index (χ4v) is 3.17. The number of ether oxygens (including phenoxy) is 1. The number of aryl methyl sites for hydroxylation is 2. The van der Waals surface area contributed by atoms with Crippen molar-refractivity contribution in [1.82, 2.24) is 14.8 Å². The largest absolute Gasteiger partial charge is 0.486 e. The molecule has 7 heteroatoms. The summed E-state index contributed by atoms with van der Waals surface area (Å²) in [6.07, 6.45) is 4.89. The van der Waals surface area contributed by atoms with E-state index in [0.717, 1.165) is 27.9 Å². The SMILES string of the molecule is CCC.CCC.Cc1oc(-c2ccccc2)nc1COc1cccc2c1cnn2CCCC(=O)O. The topological polar surface area (TPSA) is 90.4 Å². The maximum absolute atomic E-state index is 10.7. The minimum Gasteiger partial charge on any atom is -0.486 e. The number of benzene rings is 2. The first-order chi connectivity index (χ1) is 16.9. The Morgan fingerprint density at radius 1 is 1.03 bits per heavy atom. The van der Waals surface area contributed by atoms with E-state index >= 15 is 0 Å². The van der Waals surface area contributed by atoms with Crippen molar-refractivity contribution < 1.29 is 19.1 Å². The highest BCUT2D eigenvalue weighted by molar-refractivity contribution is 5.85. The Hall–Kier alpha value is -3.61. The standard InChI is InChI=1S/C22H21N3O4.2C3H8/c1-15-18(24-22(29-15)16-7-3-2-4-8-16)14-28-20-10-5-9-19-17(20)13-23-25(19)12-6-11-21(26)27;2*1-3-2/h2-5,7-10,13H,6,11-12,14H2,1H3,(H,26,27);2*3H2,1-2H3. The number of hydrogen-bond acceptors (Lipinski definition) is 5. The molecule has 2 aromatic carbocycles. The third-order valence-electron chi connectivity index (χ3n) is 4.69. The van der Waals surface area contributed by atoms with Crippen LogP contribution in [0.1, 0.15) is 64.8 Å². The van der Waals surface area contributed by atoms with Crippen LogP contribution >= 0.6 is 0 Å². The first kappa shape index (κ1) is 27.6. The molecule has 188 valence electrons. The van der Waals surface area contributed by atoms with Gasteiger partial charge in [0.1, 0.15) is 23.8 Å². The average Bonchev–Trinajstić information content (AvgIpc) is 3.43. The van der Waals surface area contributed by atoms with Crippen molar-refractivity contribution in [2.75, 3.05) is 0 Å². The average molecular weight is 480 g/mol. The number of carboxylic acids is 1. The molecule has 0 saturated heterocycles. The number of rotatable bonds is 8. The molecule has 1 N–H and O–H groups in total. The van der Waals surface area contributed by atoms with E-state index in [-0.39, 0.29) is 13.0 Å². The zero-order valence-corrected chi connectivity index (χ0v) is 21.5. The summed E-state index contributed by atoms with van der Waals surface area (Å²) in [5.41, 5.74) is 2.58. The summed E-state index contributed by atoms with van der Waals surface area (Å²) in [4.78, 5) is 15.3. The Bertz CT molecular complexity index is 1160.